The summed E-state index contributed by atoms with van der Waals surface area (Å²) in [5.41, 5.74) is 8.18. The van der Waals surface area contributed by atoms with Crippen LogP contribution in [0.3, 0.4) is 0 Å². The molecule has 2 aromatic heterocycles. The number of nitrogens with zero attached hydrogens (tertiary/aromatic N) is 5. The van der Waals surface area contributed by atoms with Gasteiger partial charge in [0.2, 0.25) is 5.95 Å². The van der Waals surface area contributed by atoms with E-state index >= 15 is 0 Å². The first-order valence-electron chi connectivity index (χ1n) is 25.8. The second-order valence-corrected chi connectivity index (χ2v) is 20.2. The van der Waals surface area contributed by atoms with Crippen LogP contribution in [0.15, 0.2) is 236 Å². The molecule has 3 heterocycles. The van der Waals surface area contributed by atoms with Gasteiger partial charge in [-0.25, -0.2) is 4.98 Å². The van der Waals surface area contributed by atoms with Crippen LogP contribution in [0.2, 0.25) is 0 Å². The minimum Gasteiger partial charge on any atom is -0.333 e. The van der Waals surface area contributed by atoms with Gasteiger partial charge in [-0.1, -0.05) is 206 Å². The fourth-order valence-corrected chi connectivity index (χ4v) is 12.9. The largest absolute Gasteiger partial charge is 0.333 e. The van der Waals surface area contributed by atoms with Crippen molar-refractivity contribution in [3.8, 4) is 28.7 Å². The monoisotopic (exact) mass is 943 g/mol. The van der Waals surface area contributed by atoms with Crippen LogP contribution < -0.4 is 15.5 Å². The molecule has 0 fully saturated rings. The lowest BCUT2D eigenvalue weighted by atomic mass is 9.82. The van der Waals surface area contributed by atoms with E-state index in [2.05, 4.69) is 252 Å². The fourth-order valence-electron chi connectivity index (χ4n) is 12.9. The average molecular weight is 944 g/mol. The molecule has 0 amide bonds. The second-order valence-electron chi connectivity index (χ2n) is 20.2. The zero-order valence-electron chi connectivity index (χ0n) is 40.3. The maximum atomic E-state index is 5.51. The van der Waals surface area contributed by atoms with Gasteiger partial charge in [0.05, 0.1) is 16.9 Å². The highest BCUT2D eigenvalue weighted by molar-refractivity contribution is 6.27. The quantitative estimate of drug-likeness (QED) is 0.161. The van der Waals surface area contributed by atoms with Crippen molar-refractivity contribution >= 4 is 99.1 Å². The third-order valence-electron chi connectivity index (χ3n) is 16.3. The van der Waals surface area contributed by atoms with Gasteiger partial charge in [0.25, 0.3) is 0 Å². The Labute approximate surface area is 426 Å². The van der Waals surface area contributed by atoms with Crippen molar-refractivity contribution in [2.24, 2.45) is 5.92 Å². The van der Waals surface area contributed by atoms with E-state index in [0.29, 0.717) is 17.6 Å². The van der Waals surface area contributed by atoms with Crippen LogP contribution in [-0.2, 0) is 0 Å². The zero-order valence-corrected chi connectivity index (χ0v) is 40.3. The Hall–Kier alpha value is -9.45. The third kappa shape index (κ3) is 6.13. The maximum Gasteiger partial charge on any atom is 0.238 e. The molecule has 3 atom stereocenters. The number of allylic oxidation sites excluding steroid dienone is 2. The van der Waals surface area contributed by atoms with Crippen LogP contribution in [0.25, 0.3) is 116 Å². The average Bonchev–Trinajstić information content (AvgIpc) is 3.99. The Kier molecular flexibility index (Phi) is 8.92. The molecule has 0 N–H and O–H groups in total. The molecule has 5 nitrogen and oxygen atoms in total. The molecule has 16 rings (SSSR count). The summed E-state index contributed by atoms with van der Waals surface area (Å²) in [7, 11) is 0. The van der Waals surface area contributed by atoms with Gasteiger partial charge in [-0.15, -0.1) is 0 Å². The van der Waals surface area contributed by atoms with E-state index in [0.717, 1.165) is 28.4 Å². The van der Waals surface area contributed by atoms with Crippen molar-refractivity contribution in [1.29, 1.82) is 0 Å². The molecular weight excluding hydrogens is 899 g/mol. The molecule has 5 heteroatoms. The number of hydrogen-bond acceptors (Lipinski definition) is 4. The van der Waals surface area contributed by atoms with Crippen molar-refractivity contribution in [1.82, 2.24) is 19.5 Å². The number of aromatic nitrogens is 4. The SMILES string of the molecule is C1=CC2C(C=C1C1C=c3c(n(-c4nc(-c5ccc6c7ccccc7c7ccccc7c6c5)nc(-c5ccc6c7ccccc7c7ccccc7c6c5)n4)c4ccccc34)=CC1)c1ccccc1N2c1ccccc1. The summed E-state index contributed by atoms with van der Waals surface area (Å²) < 4.78 is 2.28. The van der Waals surface area contributed by atoms with E-state index in [1.807, 2.05) is 0 Å². The molecule has 74 heavy (non-hydrogen) atoms. The van der Waals surface area contributed by atoms with E-state index in [1.54, 1.807) is 0 Å². The van der Waals surface area contributed by atoms with Crippen LogP contribution in [0.5, 0.6) is 0 Å². The van der Waals surface area contributed by atoms with Crippen molar-refractivity contribution in [3.63, 3.8) is 0 Å². The third-order valence-corrected chi connectivity index (χ3v) is 16.3. The second kappa shape index (κ2) is 16.0. The van der Waals surface area contributed by atoms with Gasteiger partial charge in [0.15, 0.2) is 11.6 Å². The van der Waals surface area contributed by atoms with Gasteiger partial charge < -0.3 is 4.90 Å². The minimum absolute atomic E-state index is 0.202. The molecule has 3 aliphatic rings. The molecular formula is C69H45N5. The summed E-state index contributed by atoms with van der Waals surface area (Å²) in [4.78, 5) is 19.0. The maximum absolute atomic E-state index is 5.51. The van der Waals surface area contributed by atoms with Gasteiger partial charge in [-0.2, -0.15) is 9.97 Å². The summed E-state index contributed by atoms with van der Waals surface area (Å²) >= 11 is 0. The molecule has 11 aromatic carbocycles. The summed E-state index contributed by atoms with van der Waals surface area (Å²) in [6, 6.07) is 77.2. The molecule has 2 aliphatic carbocycles. The van der Waals surface area contributed by atoms with E-state index in [4.69, 9.17) is 15.0 Å². The smallest absolute Gasteiger partial charge is 0.238 e. The van der Waals surface area contributed by atoms with Crippen LogP contribution in [0.4, 0.5) is 11.4 Å². The fraction of sp³-hybridized carbons (Fsp3) is 0.0580. The summed E-state index contributed by atoms with van der Waals surface area (Å²) in [5.74, 6) is 2.31. The number of benzene rings is 11. The Morgan fingerprint density at radius 1 is 0.419 bits per heavy atom. The van der Waals surface area contributed by atoms with Crippen LogP contribution in [0.1, 0.15) is 17.9 Å². The lowest BCUT2D eigenvalue weighted by molar-refractivity contribution is 0.716. The number of anilines is 2. The molecule has 13 aromatic rings. The van der Waals surface area contributed by atoms with E-state index in [1.165, 1.54) is 97.8 Å². The van der Waals surface area contributed by atoms with Crippen LogP contribution in [0, 0.1) is 5.92 Å². The summed E-state index contributed by atoms with van der Waals surface area (Å²) in [5, 5.41) is 18.1. The normalized spacial score (nSPS) is 16.9. The lowest BCUT2D eigenvalue weighted by Crippen LogP contribution is -2.34. The van der Waals surface area contributed by atoms with Gasteiger partial charge in [0.1, 0.15) is 0 Å². The molecule has 0 saturated heterocycles. The number of rotatable bonds is 5. The predicted molar refractivity (Wildman–Crippen MR) is 308 cm³/mol. The zero-order chi connectivity index (χ0) is 48.4. The Morgan fingerprint density at radius 2 is 0.905 bits per heavy atom. The molecule has 0 radical (unpaired) electrons. The summed E-state index contributed by atoms with van der Waals surface area (Å²) in [6.45, 7) is 0. The molecule has 1 aliphatic heterocycles. The van der Waals surface area contributed by atoms with Crippen molar-refractivity contribution in [3.05, 3.63) is 252 Å². The Morgan fingerprint density at radius 3 is 1.49 bits per heavy atom. The molecule has 346 valence electrons. The Bertz CT molecular complexity index is 4490. The topological polar surface area (TPSA) is 46.8 Å². The molecule has 0 spiro atoms. The first kappa shape index (κ1) is 41.2. The van der Waals surface area contributed by atoms with Crippen molar-refractivity contribution in [2.45, 2.75) is 18.4 Å². The highest BCUT2D eigenvalue weighted by Crippen LogP contribution is 2.49. The van der Waals surface area contributed by atoms with Gasteiger partial charge in [0, 0.05) is 44.9 Å². The standard InChI is InChI=1S/C69H45N5/c1-2-16-46(17-3-1)73-63-28-14-12-26-57(63)61-38-42(32-36-65(61)73)43-33-37-66-62(39-43)58-27-13-15-29-64(58)74(66)69-71-67(44-30-34-55-51-22-6-4-18-47(51)49-20-8-10-24-53(49)59(55)40-44)70-68(72-69)45-31-35-56-52-23-7-5-19-48(52)50-21-9-11-25-54(50)60(56)41-45/h1-32,34-41,43,61,65H,33H2. The minimum atomic E-state index is 0.202. The lowest BCUT2D eigenvalue weighted by Gasteiger charge is -2.30. The highest BCUT2D eigenvalue weighted by Gasteiger charge is 2.38. The number of para-hydroxylation sites is 3. The summed E-state index contributed by atoms with van der Waals surface area (Å²) in [6.07, 6.45) is 13.1. The van der Waals surface area contributed by atoms with Gasteiger partial charge in [-0.05, 0) is 119 Å². The highest BCUT2D eigenvalue weighted by atomic mass is 15.2. The Balaban J connectivity index is 0.889. The van der Waals surface area contributed by atoms with Gasteiger partial charge >= 0.3 is 0 Å². The first-order valence-corrected chi connectivity index (χ1v) is 25.8. The van der Waals surface area contributed by atoms with E-state index in [-0.39, 0.29) is 17.9 Å². The van der Waals surface area contributed by atoms with Crippen LogP contribution in [-0.4, -0.2) is 25.6 Å². The number of hydrogen-bond donors (Lipinski definition) is 0. The van der Waals surface area contributed by atoms with Crippen LogP contribution >= 0.6 is 0 Å². The van der Waals surface area contributed by atoms with Crippen molar-refractivity contribution in [2.75, 3.05) is 4.90 Å². The first-order chi connectivity index (χ1) is 36.7. The van der Waals surface area contributed by atoms with E-state index < -0.39 is 0 Å². The van der Waals surface area contributed by atoms with Crippen molar-refractivity contribution < 1.29 is 0 Å². The molecule has 0 bridgehead atoms. The molecule has 0 saturated carbocycles. The van der Waals surface area contributed by atoms with Gasteiger partial charge in [-0.3, -0.25) is 4.57 Å². The predicted octanol–water partition coefficient (Wildman–Crippen LogP) is 15.4. The molecule has 3 unspecified atom stereocenters. The number of fused-ring (bicyclic) bond motifs is 18. The van der Waals surface area contributed by atoms with E-state index in [9.17, 15) is 0 Å².